The van der Waals surface area contributed by atoms with Crippen LogP contribution in [0.4, 0.5) is 8.78 Å². The largest absolute Gasteiger partial charge is 0.342 e. The van der Waals surface area contributed by atoms with Crippen molar-refractivity contribution in [2.45, 2.75) is 12.5 Å². The number of nitrogens with one attached hydrogen (secondary N) is 1. The molecule has 1 heterocycles. The molecule has 1 N–H and O–H groups in total. The van der Waals surface area contributed by atoms with Gasteiger partial charge in [0.2, 0.25) is 5.91 Å². The Morgan fingerprint density at radius 2 is 2.04 bits per heavy atom. The highest BCUT2D eigenvalue weighted by Crippen LogP contribution is 2.23. The van der Waals surface area contributed by atoms with Gasteiger partial charge in [0.05, 0.1) is 6.42 Å². The fourth-order valence-electron chi connectivity index (χ4n) is 2.71. The maximum Gasteiger partial charge on any atom is 0.225 e. The molecular formula is C19H16ClF2N3O. The van der Waals surface area contributed by atoms with Crippen LogP contribution in [0.2, 0.25) is 5.02 Å². The Labute approximate surface area is 154 Å². The van der Waals surface area contributed by atoms with Crippen LogP contribution in [-0.2, 0) is 18.3 Å². The number of aromatic nitrogens is 2. The Balaban J connectivity index is 1.89. The summed E-state index contributed by atoms with van der Waals surface area (Å²) in [5.74, 6) is -0.891. The van der Waals surface area contributed by atoms with Crippen LogP contribution in [0, 0.1) is 11.6 Å². The minimum atomic E-state index is -0.677. The lowest BCUT2D eigenvalue weighted by atomic mass is 10.0. The summed E-state index contributed by atoms with van der Waals surface area (Å²) >= 11 is 5.99. The van der Waals surface area contributed by atoms with Gasteiger partial charge in [-0.1, -0.05) is 29.8 Å². The van der Waals surface area contributed by atoms with E-state index in [2.05, 4.69) is 10.3 Å². The number of benzene rings is 2. The highest BCUT2D eigenvalue weighted by molar-refractivity contribution is 6.31. The first-order valence-corrected chi connectivity index (χ1v) is 8.28. The van der Waals surface area contributed by atoms with Crippen molar-refractivity contribution in [1.82, 2.24) is 14.9 Å². The Bertz CT molecular complexity index is 922. The van der Waals surface area contributed by atoms with Crippen LogP contribution in [0.25, 0.3) is 0 Å². The molecule has 134 valence electrons. The van der Waals surface area contributed by atoms with Gasteiger partial charge in [-0.2, -0.15) is 0 Å². The molecule has 1 aromatic heterocycles. The Morgan fingerprint density at radius 3 is 2.69 bits per heavy atom. The highest BCUT2D eigenvalue weighted by atomic mass is 35.5. The summed E-state index contributed by atoms with van der Waals surface area (Å²) in [4.78, 5) is 16.8. The van der Waals surface area contributed by atoms with Crippen molar-refractivity contribution in [2.75, 3.05) is 0 Å². The van der Waals surface area contributed by atoms with Gasteiger partial charge >= 0.3 is 0 Å². The molecule has 0 aliphatic heterocycles. The predicted octanol–water partition coefficient (Wildman–Crippen LogP) is 3.80. The third kappa shape index (κ3) is 3.91. The number of hydrogen-bond donors (Lipinski definition) is 1. The first-order chi connectivity index (χ1) is 12.5. The van der Waals surface area contributed by atoms with Gasteiger partial charge < -0.3 is 9.88 Å². The molecule has 0 saturated heterocycles. The molecule has 0 saturated carbocycles. The highest BCUT2D eigenvalue weighted by Gasteiger charge is 2.22. The molecule has 3 aromatic rings. The van der Waals surface area contributed by atoms with E-state index in [-0.39, 0.29) is 17.0 Å². The Kier molecular flexibility index (Phi) is 5.32. The van der Waals surface area contributed by atoms with Crippen molar-refractivity contribution >= 4 is 17.5 Å². The third-order valence-corrected chi connectivity index (χ3v) is 4.36. The number of rotatable bonds is 5. The van der Waals surface area contributed by atoms with Crippen molar-refractivity contribution in [3.8, 4) is 0 Å². The zero-order valence-electron chi connectivity index (χ0n) is 13.9. The van der Waals surface area contributed by atoms with Crippen LogP contribution >= 0.6 is 11.6 Å². The van der Waals surface area contributed by atoms with E-state index in [9.17, 15) is 13.6 Å². The second-order valence-corrected chi connectivity index (χ2v) is 6.24. The van der Waals surface area contributed by atoms with E-state index in [4.69, 9.17) is 11.6 Å². The molecule has 1 atom stereocenters. The number of halogens is 3. The number of carbonyl (C=O) groups excluding carboxylic acids is 1. The normalized spacial score (nSPS) is 12.0. The Morgan fingerprint density at radius 1 is 1.27 bits per heavy atom. The molecule has 0 aliphatic carbocycles. The summed E-state index contributed by atoms with van der Waals surface area (Å²) < 4.78 is 29.3. The number of imidazole rings is 1. The molecule has 0 bridgehead atoms. The van der Waals surface area contributed by atoms with Gasteiger partial charge in [-0.3, -0.25) is 4.79 Å². The van der Waals surface area contributed by atoms with Crippen LogP contribution in [0.5, 0.6) is 0 Å². The van der Waals surface area contributed by atoms with Crippen LogP contribution in [0.1, 0.15) is 23.0 Å². The van der Waals surface area contributed by atoms with Gasteiger partial charge in [-0.05, 0) is 29.8 Å². The molecule has 26 heavy (non-hydrogen) atoms. The maximum atomic E-state index is 13.9. The lowest BCUT2D eigenvalue weighted by Gasteiger charge is -2.19. The maximum absolute atomic E-state index is 13.9. The van der Waals surface area contributed by atoms with E-state index < -0.39 is 23.6 Å². The van der Waals surface area contributed by atoms with E-state index in [0.29, 0.717) is 11.4 Å². The zero-order chi connectivity index (χ0) is 18.7. The number of nitrogens with zero attached hydrogens (tertiary/aromatic N) is 2. The van der Waals surface area contributed by atoms with Gasteiger partial charge in [-0.25, -0.2) is 13.8 Å². The zero-order valence-corrected chi connectivity index (χ0v) is 14.7. The van der Waals surface area contributed by atoms with E-state index in [0.717, 1.165) is 0 Å². The number of hydrogen-bond acceptors (Lipinski definition) is 2. The van der Waals surface area contributed by atoms with E-state index >= 15 is 0 Å². The molecule has 0 aliphatic rings. The van der Waals surface area contributed by atoms with Crippen LogP contribution < -0.4 is 5.32 Å². The van der Waals surface area contributed by atoms with Crippen LogP contribution in [-0.4, -0.2) is 15.5 Å². The smallest absolute Gasteiger partial charge is 0.225 e. The number of carbonyl (C=O) groups is 1. The molecule has 0 radical (unpaired) electrons. The first-order valence-electron chi connectivity index (χ1n) is 7.90. The topological polar surface area (TPSA) is 46.9 Å². The van der Waals surface area contributed by atoms with E-state index in [1.807, 2.05) is 0 Å². The summed E-state index contributed by atoms with van der Waals surface area (Å²) in [6.45, 7) is 0. The van der Waals surface area contributed by atoms with Crippen LogP contribution in [0.3, 0.4) is 0 Å². The van der Waals surface area contributed by atoms with Crippen LogP contribution in [0.15, 0.2) is 54.9 Å². The van der Waals surface area contributed by atoms with Crippen molar-refractivity contribution in [2.24, 2.45) is 7.05 Å². The fraction of sp³-hybridized carbons (Fsp3) is 0.158. The lowest BCUT2D eigenvalue weighted by Crippen LogP contribution is -2.32. The van der Waals surface area contributed by atoms with Gasteiger partial charge in [0.1, 0.15) is 23.5 Å². The summed E-state index contributed by atoms with van der Waals surface area (Å²) in [5, 5.41) is 2.97. The molecule has 2 aromatic carbocycles. The monoisotopic (exact) mass is 375 g/mol. The molecule has 0 spiro atoms. The predicted molar refractivity (Wildman–Crippen MR) is 94.7 cm³/mol. The average molecular weight is 376 g/mol. The van der Waals surface area contributed by atoms with Crippen molar-refractivity contribution in [1.29, 1.82) is 0 Å². The average Bonchev–Trinajstić information content (AvgIpc) is 3.02. The summed E-state index contributed by atoms with van der Waals surface area (Å²) in [6.07, 6.45) is 3.07. The van der Waals surface area contributed by atoms with Gasteiger partial charge in [-0.15, -0.1) is 0 Å². The van der Waals surface area contributed by atoms with E-state index in [1.54, 1.807) is 36.1 Å². The lowest BCUT2D eigenvalue weighted by molar-refractivity contribution is -0.121. The van der Waals surface area contributed by atoms with Gasteiger partial charge in [0.25, 0.3) is 0 Å². The van der Waals surface area contributed by atoms with Crippen molar-refractivity contribution < 1.29 is 13.6 Å². The standard InChI is InChI=1S/C19H16ClF2N3O/c1-25-9-8-23-19(25)18(12-4-2-5-13(21)10-12)24-17(26)11-14-15(20)6-3-7-16(14)22/h2-10,18H,11H2,1H3,(H,24,26). The third-order valence-electron chi connectivity index (χ3n) is 4.00. The number of aryl methyl sites for hydroxylation is 1. The minimum absolute atomic E-state index is 0.115. The summed E-state index contributed by atoms with van der Waals surface area (Å²) in [6, 6.07) is 9.47. The molecule has 7 heteroatoms. The second kappa shape index (κ2) is 7.66. The Hall–Kier alpha value is -2.73. The van der Waals surface area contributed by atoms with Crippen molar-refractivity contribution in [3.63, 3.8) is 0 Å². The quantitative estimate of drug-likeness (QED) is 0.737. The summed E-state index contributed by atoms with van der Waals surface area (Å²) in [5.41, 5.74) is 0.650. The summed E-state index contributed by atoms with van der Waals surface area (Å²) in [7, 11) is 1.77. The minimum Gasteiger partial charge on any atom is -0.342 e. The number of amides is 1. The molecule has 3 rings (SSSR count). The fourth-order valence-corrected chi connectivity index (χ4v) is 2.94. The molecule has 1 unspecified atom stereocenters. The molecular weight excluding hydrogens is 360 g/mol. The molecule has 0 fully saturated rings. The molecule has 1 amide bonds. The molecule has 4 nitrogen and oxygen atoms in total. The van der Waals surface area contributed by atoms with Gasteiger partial charge in [0, 0.05) is 30.0 Å². The first kappa shape index (κ1) is 18.1. The van der Waals surface area contributed by atoms with Crippen molar-refractivity contribution in [3.05, 3.63) is 88.5 Å². The van der Waals surface area contributed by atoms with Gasteiger partial charge in [0.15, 0.2) is 0 Å². The second-order valence-electron chi connectivity index (χ2n) is 5.83. The SMILES string of the molecule is Cn1ccnc1C(NC(=O)Cc1c(F)cccc1Cl)c1cccc(F)c1. The van der Waals surface area contributed by atoms with E-state index in [1.165, 1.54) is 30.3 Å².